The van der Waals surface area contributed by atoms with E-state index in [4.69, 9.17) is 0 Å². The highest BCUT2D eigenvalue weighted by Gasteiger charge is 2.53. The summed E-state index contributed by atoms with van der Waals surface area (Å²) in [6.45, 7) is 2.14. The third-order valence-corrected chi connectivity index (χ3v) is 4.00. The van der Waals surface area contributed by atoms with Crippen molar-refractivity contribution in [3.05, 3.63) is 46.0 Å². The molecule has 0 radical (unpaired) electrons. The number of benzene rings is 1. The normalized spacial score (nSPS) is 19.3. The zero-order valence-corrected chi connectivity index (χ0v) is 12.8. The molecule has 1 fully saturated rings. The van der Waals surface area contributed by atoms with Gasteiger partial charge in [0.1, 0.15) is 5.92 Å². The summed E-state index contributed by atoms with van der Waals surface area (Å²) in [6.07, 6.45) is 2.45. The van der Waals surface area contributed by atoms with Crippen LogP contribution in [0, 0.1) is 16.0 Å². The number of H-pyrrole nitrogens is 1. The number of hydrogen-bond acceptors (Lipinski definition) is 4. The molecule has 23 heavy (non-hydrogen) atoms. The predicted octanol–water partition coefficient (Wildman–Crippen LogP) is 2.63. The van der Waals surface area contributed by atoms with Gasteiger partial charge in [-0.2, -0.15) is 5.10 Å². The van der Waals surface area contributed by atoms with Crippen molar-refractivity contribution in [2.45, 2.75) is 32.2 Å². The fourth-order valence-corrected chi connectivity index (χ4v) is 2.59. The van der Waals surface area contributed by atoms with Crippen LogP contribution in [0.1, 0.15) is 25.3 Å². The SMILES string of the molecule is CCCc1ccc(-c2cc(NC(=O)C3CC3[N+](=O)[O-])n[nH]2)cc1. The molecule has 7 nitrogen and oxygen atoms in total. The third kappa shape index (κ3) is 3.39. The van der Waals surface area contributed by atoms with E-state index in [1.165, 1.54) is 5.56 Å². The molecule has 3 rings (SSSR count). The molecule has 0 bridgehead atoms. The Labute approximate surface area is 133 Å². The Balaban J connectivity index is 1.64. The molecule has 1 amide bonds. The van der Waals surface area contributed by atoms with Crippen molar-refractivity contribution >= 4 is 11.7 Å². The van der Waals surface area contributed by atoms with Crippen molar-refractivity contribution < 1.29 is 9.72 Å². The van der Waals surface area contributed by atoms with Gasteiger partial charge in [-0.3, -0.25) is 20.0 Å². The maximum absolute atomic E-state index is 11.9. The first-order valence-corrected chi connectivity index (χ1v) is 7.67. The van der Waals surface area contributed by atoms with Gasteiger partial charge >= 0.3 is 0 Å². The van der Waals surface area contributed by atoms with Crippen LogP contribution in [0.3, 0.4) is 0 Å². The summed E-state index contributed by atoms with van der Waals surface area (Å²) in [5.41, 5.74) is 3.06. The Morgan fingerprint density at radius 3 is 2.78 bits per heavy atom. The monoisotopic (exact) mass is 314 g/mol. The molecule has 2 atom stereocenters. The van der Waals surface area contributed by atoms with Crippen LogP contribution in [-0.2, 0) is 11.2 Å². The maximum Gasteiger partial charge on any atom is 0.235 e. The van der Waals surface area contributed by atoms with E-state index in [9.17, 15) is 14.9 Å². The van der Waals surface area contributed by atoms with Crippen molar-refractivity contribution in [2.24, 2.45) is 5.92 Å². The lowest BCUT2D eigenvalue weighted by molar-refractivity contribution is -0.497. The predicted molar refractivity (Wildman–Crippen MR) is 85.5 cm³/mol. The number of nitrogens with one attached hydrogen (secondary N) is 2. The molecule has 120 valence electrons. The number of nitrogens with zero attached hydrogens (tertiary/aromatic N) is 2. The van der Waals surface area contributed by atoms with E-state index in [1.807, 2.05) is 12.1 Å². The average molecular weight is 314 g/mol. The summed E-state index contributed by atoms with van der Waals surface area (Å²) in [6, 6.07) is 9.14. The van der Waals surface area contributed by atoms with Crippen LogP contribution >= 0.6 is 0 Å². The molecule has 1 aromatic carbocycles. The molecule has 2 N–H and O–H groups in total. The zero-order valence-electron chi connectivity index (χ0n) is 12.8. The second kappa shape index (κ2) is 6.20. The van der Waals surface area contributed by atoms with Crippen LogP contribution in [0.4, 0.5) is 5.82 Å². The Morgan fingerprint density at radius 1 is 1.43 bits per heavy atom. The number of carbonyl (C=O) groups excluding carboxylic acids is 1. The number of nitro groups is 1. The van der Waals surface area contributed by atoms with Gasteiger partial charge in [-0.1, -0.05) is 37.6 Å². The fourth-order valence-electron chi connectivity index (χ4n) is 2.59. The number of anilines is 1. The number of aromatic amines is 1. The lowest BCUT2D eigenvalue weighted by Gasteiger charge is -2.01. The van der Waals surface area contributed by atoms with E-state index >= 15 is 0 Å². The van der Waals surface area contributed by atoms with Gasteiger partial charge in [0.05, 0.1) is 5.69 Å². The lowest BCUT2D eigenvalue weighted by atomic mass is 10.1. The third-order valence-electron chi connectivity index (χ3n) is 4.00. The van der Waals surface area contributed by atoms with Crippen molar-refractivity contribution in [1.29, 1.82) is 0 Å². The van der Waals surface area contributed by atoms with Gasteiger partial charge in [0.2, 0.25) is 11.9 Å². The van der Waals surface area contributed by atoms with Crippen molar-refractivity contribution in [2.75, 3.05) is 5.32 Å². The molecule has 7 heteroatoms. The molecule has 1 heterocycles. The lowest BCUT2D eigenvalue weighted by Crippen LogP contribution is -2.18. The van der Waals surface area contributed by atoms with E-state index in [1.54, 1.807) is 6.07 Å². The second-order valence-electron chi connectivity index (χ2n) is 5.80. The van der Waals surface area contributed by atoms with Gasteiger partial charge in [0, 0.05) is 17.4 Å². The minimum absolute atomic E-state index is 0.301. The minimum atomic E-state index is -0.750. The molecule has 0 saturated heterocycles. The first kappa shape index (κ1) is 15.2. The number of aromatic nitrogens is 2. The average Bonchev–Trinajstić information content (AvgIpc) is 3.22. The number of carbonyl (C=O) groups is 1. The fraction of sp³-hybridized carbons (Fsp3) is 0.375. The van der Waals surface area contributed by atoms with Crippen LogP contribution in [0.2, 0.25) is 0 Å². The smallest absolute Gasteiger partial charge is 0.235 e. The first-order chi connectivity index (χ1) is 11.1. The standard InChI is InChI=1S/C16H18N4O3/c1-2-3-10-4-6-11(7-5-10)13-9-15(19-18-13)17-16(21)12-8-14(12)20(22)23/h4-7,9,12,14H,2-3,8H2,1H3,(H2,17,18,19,21). The summed E-state index contributed by atoms with van der Waals surface area (Å²) in [4.78, 5) is 22.1. The molecular formula is C16H18N4O3. The summed E-state index contributed by atoms with van der Waals surface area (Å²) in [5.74, 6) is -0.502. The Bertz CT molecular complexity index is 723. The molecular weight excluding hydrogens is 296 g/mol. The maximum atomic E-state index is 11.9. The van der Waals surface area contributed by atoms with Crippen molar-refractivity contribution in [3.63, 3.8) is 0 Å². The quantitative estimate of drug-likeness (QED) is 0.632. The van der Waals surface area contributed by atoms with Gasteiger partial charge in [-0.05, 0) is 17.5 Å². The molecule has 1 aromatic heterocycles. The van der Waals surface area contributed by atoms with Crippen LogP contribution in [0.25, 0.3) is 11.3 Å². The molecule has 0 aliphatic heterocycles. The zero-order chi connectivity index (χ0) is 16.4. The van der Waals surface area contributed by atoms with E-state index in [-0.39, 0.29) is 5.91 Å². The van der Waals surface area contributed by atoms with Gasteiger partial charge in [-0.25, -0.2) is 0 Å². The summed E-state index contributed by atoms with van der Waals surface area (Å²) < 4.78 is 0. The number of hydrogen-bond donors (Lipinski definition) is 2. The number of amides is 1. The summed E-state index contributed by atoms with van der Waals surface area (Å²) >= 11 is 0. The highest BCUT2D eigenvalue weighted by atomic mass is 16.6. The van der Waals surface area contributed by atoms with Gasteiger partial charge < -0.3 is 5.32 Å². The highest BCUT2D eigenvalue weighted by molar-refractivity contribution is 5.94. The molecule has 2 aromatic rings. The molecule has 2 unspecified atom stereocenters. The first-order valence-electron chi connectivity index (χ1n) is 7.67. The van der Waals surface area contributed by atoms with Crippen molar-refractivity contribution in [1.82, 2.24) is 10.2 Å². The summed E-state index contributed by atoms with van der Waals surface area (Å²) in [5, 5.41) is 20.1. The van der Waals surface area contributed by atoms with Crippen LogP contribution in [0.15, 0.2) is 30.3 Å². The minimum Gasteiger partial charge on any atom is -0.309 e. The van der Waals surface area contributed by atoms with E-state index in [0.717, 1.165) is 24.1 Å². The molecule has 0 spiro atoms. The van der Waals surface area contributed by atoms with Crippen LogP contribution in [-0.4, -0.2) is 27.1 Å². The highest BCUT2D eigenvalue weighted by Crippen LogP contribution is 2.34. The number of rotatable bonds is 6. The van der Waals surface area contributed by atoms with E-state index in [2.05, 4.69) is 34.6 Å². The second-order valence-corrected chi connectivity index (χ2v) is 5.80. The van der Waals surface area contributed by atoms with Gasteiger partial charge in [0.15, 0.2) is 5.82 Å². The van der Waals surface area contributed by atoms with Gasteiger partial charge in [0.25, 0.3) is 0 Å². The topological polar surface area (TPSA) is 101 Å². The largest absolute Gasteiger partial charge is 0.309 e. The molecule has 1 saturated carbocycles. The van der Waals surface area contributed by atoms with E-state index < -0.39 is 16.9 Å². The Morgan fingerprint density at radius 2 is 2.17 bits per heavy atom. The Hall–Kier alpha value is -2.70. The van der Waals surface area contributed by atoms with Crippen LogP contribution < -0.4 is 5.32 Å². The van der Waals surface area contributed by atoms with Crippen molar-refractivity contribution in [3.8, 4) is 11.3 Å². The molecule has 1 aliphatic carbocycles. The number of aryl methyl sites for hydroxylation is 1. The summed E-state index contributed by atoms with van der Waals surface area (Å²) in [7, 11) is 0. The Kier molecular flexibility index (Phi) is 4.10. The van der Waals surface area contributed by atoms with Crippen LogP contribution in [0.5, 0.6) is 0 Å². The molecule has 1 aliphatic rings. The van der Waals surface area contributed by atoms with E-state index in [0.29, 0.717) is 12.2 Å². The van der Waals surface area contributed by atoms with Gasteiger partial charge in [-0.15, -0.1) is 0 Å².